The number of rotatable bonds is 3. The van der Waals surface area contributed by atoms with E-state index in [2.05, 4.69) is 0 Å². The lowest BCUT2D eigenvalue weighted by molar-refractivity contribution is 0.182. The fraction of sp³-hybridized carbons (Fsp3) is 0.333. The van der Waals surface area contributed by atoms with Crippen LogP contribution in [0.5, 0.6) is 11.5 Å². The molecule has 2 nitrogen and oxygen atoms in total. The number of aromatic hydroxyl groups is 1. The fourth-order valence-electron chi connectivity index (χ4n) is 0.789. The normalized spacial score (nSPS) is 12.5. The molecule has 1 aromatic rings. The summed E-state index contributed by atoms with van der Waals surface area (Å²) in [5, 5.41) is 8.92. The highest BCUT2D eigenvalue weighted by Crippen LogP contribution is 2.16. The maximum Gasteiger partial charge on any atom is 0.126 e. The highest BCUT2D eigenvalue weighted by molar-refractivity contribution is 5.30. The summed E-state index contributed by atoms with van der Waals surface area (Å²) >= 11 is 0. The van der Waals surface area contributed by atoms with Crippen molar-refractivity contribution in [2.24, 2.45) is 0 Å². The Labute approximate surface area is 70.6 Å². The number of halogens is 1. The third kappa shape index (κ3) is 2.42. The van der Waals surface area contributed by atoms with E-state index in [1.54, 1.807) is 19.1 Å². The van der Waals surface area contributed by atoms with E-state index in [9.17, 15) is 4.39 Å². The highest BCUT2D eigenvalue weighted by Gasteiger charge is 2.01. The van der Waals surface area contributed by atoms with Crippen LogP contribution in [-0.4, -0.2) is 17.9 Å². The van der Waals surface area contributed by atoms with E-state index in [0.717, 1.165) is 0 Å². The zero-order valence-corrected chi connectivity index (χ0v) is 6.83. The first kappa shape index (κ1) is 8.84. The summed E-state index contributed by atoms with van der Waals surface area (Å²) < 4.78 is 17.1. The second kappa shape index (κ2) is 3.95. The van der Waals surface area contributed by atoms with Gasteiger partial charge in [0.15, 0.2) is 0 Å². The van der Waals surface area contributed by atoms with E-state index in [4.69, 9.17) is 9.84 Å². The monoisotopic (exact) mass is 170 g/mol. The molecule has 0 saturated heterocycles. The molecule has 0 saturated carbocycles. The summed E-state index contributed by atoms with van der Waals surface area (Å²) in [6.45, 7) is 1.13. The molecule has 0 fully saturated rings. The lowest BCUT2D eigenvalue weighted by Crippen LogP contribution is -2.13. The predicted molar refractivity (Wildman–Crippen MR) is 44.2 cm³/mol. The van der Waals surface area contributed by atoms with Crippen molar-refractivity contribution in [2.75, 3.05) is 6.67 Å². The molecule has 0 amide bonds. The van der Waals surface area contributed by atoms with Gasteiger partial charge in [0, 0.05) is 0 Å². The maximum atomic E-state index is 12.0. The van der Waals surface area contributed by atoms with Gasteiger partial charge in [0.2, 0.25) is 0 Å². The summed E-state index contributed by atoms with van der Waals surface area (Å²) in [6, 6.07) is 6.20. The van der Waals surface area contributed by atoms with Crippen LogP contribution in [0.2, 0.25) is 0 Å². The van der Waals surface area contributed by atoms with Crippen LogP contribution >= 0.6 is 0 Å². The molecule has 3 heteroatoms. The van der Waals surface area contributed by atoms with Gasteiger partial charge in [-0.05, 0) is 31.2 Å². The van der Waals surface area contributed by atoms with Gasteiger partial charge in [-0.3, -0.25) is 0 Å². The topological polar surface area (TPSA) is 29.5 Å². The van der Waals surface area contributed by atoms with Crippen molar-refractivity contribution in [3.63, 3.8) is 0 Å². The summed E-state index contributed by atoms with van der Waals surface area (Å²) in [4.78, 5) is 0. The number of hydrogen-bond donors (Lipinski definition) is 1. The van der Waals surface area contributed by atoms with Gasteiger partial charge < -0.3 is 9.84 Å². The molecule has 1 N–H and O–H groups in total. The summed E-state index contributed by atoms with van der Waals surface area (Å²) in [5.41, 5.74) is 0. The molecule has 0 bridgehead atoms. The lowest BCUT2D eigenvalue weighted by atomic mass is 10.3. The fourth-order valence-corrected chi connectivity index (χ4v) is 0.789. The average molecular weight is 170 g/mol. The summed E-state index contributed by atoms with van der Waals surface area (Å²) in [7, 11) is 0. The molecule has 1 atom stereocenters. The number of ether oxygens (including phenoxy) is 1. The SMILES string of the molecule is CC(CF)Oc1ccc(O)cc1. The molecule has 0 heterocycles. The van der Waals surface area contributed by atoms with Crippen molar-refractivity contribution in [3.8, 4) is 11.5 Å². The van der Waals surface area contributed by atoms with Crippen LogP contribution < -0.4 is 4.74 Å². The van der Waals surface area contributed by atoms with Gasteiger partial charge in [0.05, 0.1) is 0 Å². The minimum Gasteiger partial charge on any atom is -0.508 e. The van der Waals surface area contributed by atoms with Crippen LogP contribution in [-0.2, 0) is 0 Å². The Morgan fingerprint density at radius 3 is 2.50 bits per heavy atom. The number of hydrogen-bond acceptors (Lipinski definition) is 2. The van der Waals surface area contributed by atoms with Crippen molar-refractivity contribution < 1.29 is 14.2 Å². The van der Waals surface area contributed by atoms with Crippen LogP contribution in [0.3, 0.4) is 0 Å². The molecule has 1 aromatic carbocycles. The van der Waals surface area contributed by atoms with E-state index in [1.165, 1.54) is 12.1 Å². The predicted octanol–water partition coefficient (Wildman–Crippen LogP) is 2.13. The Hall–Kier alpha value is -1.25. The third-order valence-corrected chi connectivity index (χ3v) is 1.39. The molecule has 1 rings (SSSR count). The van der Waals surface area contributed by atoms with Crippen molar-refractivity contribution in [3.05, 3.63) is 24.3 Å². The lowest BCUT2D eigenvalue weighted by Gasteiger charge is -2.10. The number of benzene rings is 1. The first-order valence-electron chi connectivity index (χ1n) is 3.74. The van der Waals surface area contributed by atoms with Crippen LogP contribution in [0.15, 0.2) is 24.3 Å². The molecule has 66 valence electrons. The quantitative estimate of drug-likeness (QED) is 0.752. The Morgan fingerprint density at radius 1 is 1.42 bits per heavy atom. The summed E-state index contributed by atoms with van der Waals surface area (Å²) in [6.07, 6.45) is -0.436. The Kier molecular flexibility index (Phi) is 2.91. The van der Waals surface area contributed by atoms with Gasteiger partial charge in [-0.2, -0.15) is 0 Å². The Bertz CT molecular complexity index is 233. The van der Waals surface area contributed by atoms with Gasteiger partial charge in [-0.25, -0.2) is 4.39 Å². The van der Waals surface area contributed by atoms with E-state index in [0.29, 0.717) is 5.75 Å². The standard InChI is InChI=1S/C9H11FO2/c1-7(6-10)12-9-4-2-8(11)3-5-9/h2-5,7,11H,6H2,1H3. The van der Waals surface area contributed by atoms with Gasteiger partial charge in [0.25, 0.3) is 0 Å². The van der Waals surface area contributed by atoms with E-state index in [-0.39, 0.29) is 5.75 Å². The second-order valence-corrected chi connectivity index (χ2v) is 2.58. The Morgan fingerprint density at radius 2 is 2.00 bits per heavy atom. The zero-order chi connectivity index (χ0) is 8.97. The summed E-state index contributed by atoms with van der Waals surface area (Å²) in [5.74, 6) is 0.744. The van der Waals surface area contributed by atoms with Crippen LogP contribution in [0, 0.1) is 0 Å². The van der Waals surface area contributed by atoms with Gasteiger partial charge in [-0.1, -0.05) is 0 Å². The van der Waals surface area contributed by atoms with Crippen LogP contribution in [0.25, 0.3) is 0 Å². The average Bonchev–Trinajstić information content (AvgIpc) is 2.09. The van der Waals surface area contributed by atoms with Crippen LogP contribution in [0.1, 0.15) is 6.92 Å². The van der Waals surface area contributed by atoms with Crippen LogP contribution in [0.4, 0.5) is 4.39 Å². The smallest absolute Gasteiger partial charge is 0.126 e. The molecular weight excluding hydrogens is 159 g/mol. The molecule has 0 aliphatic rings. The van der Waals surface area contributed by atoms with Crippen molar-refractivity contribution >= 4 is 0 Å². The van der Waals surface area contributed by atoms with E-state index in [1.807, 2.05) is 0 Å². The van der Waals surface area contributed by atoms with Crippen molar-refractivity contribution in [2.45, 2.75) is 13.0 Å². The Balaban J connectivity index is 2.58. The molecule has 0 aliphatic carbocycles. The van der Waals surface area contributed by atoms with Crippen molar-refractivity contribution in [1.29, 1.82) is 0 Å². The van der Waals surface area contributed by atoms with E-state index >= 15 is 0 Å². The molecule has 0 aliphatic heterocycles. The molecule has 0 radical (unpaired) electrons. The second-order valence-electron chi connectivity index (χ2n) is 2.58. The minimum atomic E-state index is -0.513. The number of phenols is 1. The van der Waals surface area contributed by atoms with Gasteiger partial charge >= 0.3 is 0 Å². The molecule has 0 spiro atoms. The molecule has 0 aromatic heterocycles. The van der Waals surface area contributed by atoms with E-state index < -0.39 is 12.8 Å². The zero-order valence-electron chi connectivity index (χ0n) is 6.83. The highest BCUT2D eigenvalue weighted by atomic mass is 19.1. The minimum absolute atomic E-state index is 0.176. The third-order valence-electron chi connectivity index (χ3n) is 1.39. The van der Waals surface area contributed by atoms with Gasteiger partial charge in [0.1, 0.15) is 24.3 Å². The number of phenolic OH excluding ortho intramolecular Hbond substituents is 1. The number of alkyl halides is 1. The molecule has 1 unspecified atom stereocenters. The largest absolute Gasteiger partial charge is 0.508 e. The molecule has 12 heavy (non-hydrogen) atoms. The maximum absolute atomic E-state index is 12.0. The van der Waals surface area contributed by atoms with Gasteiger partial charge in [-0.15, -0.1) is 0 Å². The first-order valence-corrected chi connectivity index (χ1v) is 3.74. The molecular formula is C9H11FO2. The van der Waals surface area contributed by atoms with Crippen molar-refractivity contribution in [1.82, 2.24) is 0 Å². The first-order chi connectivity index (χ1) is 5.72.